The van der Waals surface area contributed by atoms with Gasteiger partial charge in [-0.2, -0.15) is 0 Å². The summed E-state index contributed by atoms with van der Waals surface area (Å²) in [5.41, 5.74) is 6.89. The van der Waals surface area contributed by atoms with Crippen LogP contribution in [0, 0.1) is 6.92 Å². The first-order valence-electron chi connectivity index (χ1n) is 4.43. The van der Waals surface area contributed by atoms with E-state index in [1.807, 2.05) is 19.1 Å². The number of aryl methyl sites for hydroxylation is 1. The first kappa shape index (κ1) is 11.1. The Kier molecular flexibility index (Phi) is 3.98. The molecule has 0 saturated carbocycles. The van der Waals surface area contributed by atoms with Crippen LogP contribution in [0.3, 0.4) is 0 Å². The monoisotopic (exact) mass is 210 g/mol. The molecule has 1 rings (SSSR count). The number of nitrogens with one attached hydrogen (secondary N) is 1. The third kappa shape index (κ3) is 2.75. The van der Waals surface area contributed by atoms with Crippen molar-refractivity contribution in [3.05, 3.63) is 29.3 Å². The van der Waals surface area contributed by atoms with Crippen LogP contribution in [-0.2, 0) is 0 Å². The smallest absolute Gasteiger partial charge is 0.251 e. The molecule has 0 unspecified atom stereocenters. The second kappa shape index (κ2) is 5.02. The summed E-state index contributed by atoms with van der Waals surface area (Å²) in [6.45, 7) is 2.84. The minimum Gasteiger partial charge on any atom is -0.351 e. The van der Waals surface area contributed by atoms with Gasteiger partial charge in [-0.1, -0.05) is 6.07 Å². The van der Waals surface area contributed by atoms with Crippen molar-refractivity contribution in [3.8, 4) is 0 Å². The molecule has 76 valence electrons. The molecular formula is C10H14N2OS. The zero-order valence-electron chi connectivity index (χ0n) is 8.08. The molecular weight excluding hydrogens is 196 g/mol. The van der Waals surface area contributed by atoms with Crippen LogP contribution in [0.4, 0.5) is 0 Å². The Bertz CT molecular complexity index is 339. The SMILES string of the molecule is Cc1ccc(S)cc1C(=O)NCCN. The van der Waals surface area contributed by atoms with Gasteiger partial charge in [0, 0.05) is 23.5 Å². The van der Waals surface area contributed by atoms with Gasteiger partial charge in [0.2, 0.25) is 0 Å². The fourth-order valence-electron chi connectivity index (χ4n) is 1.14. The Morgan fingerprint density at radius 2 is 2.29 bits per heavy atom. The van der Waals surface area contributed by atoms with Crippen molar-refractivity contribution in [2.24, 2.45) is 5.73 Å². The maximum atomic E-state index is 11.6. The summed E-state index contributed by atoms with van der Waals surface area (Å²) in [6.07, 6.45) is 0. The highest BCUT2D eigenvalue weighted by atomic mass is 32.1. The van der Waals surface area contributed by atoms with E-state index in [-0.39, 0.29) is 5.91 Å². The maximum absolute atomic E-state index is 11.6. The van der Waals surface area contributed by atoms with Gasteiger partial charge in [-0.3, -0.25) is 4.79 Å². The average molecular weight is 210 g/mol. The molecule has 0 saturated heterocycles. The quantitative estimate of drug-likeness (QED) is 0.651. The highest BCUT2D eigenvalue weighted by molar-refractivity contribution is 7.80. The minimum atomic E-state index is -0.0937. The van der Waals surface area contributed by atoms with Crippen molar-refractivity contribution in [2.75, 3.05) is 13.1 Å². The normalized spacial score (nSPS) is 9.93. The number of benzene rings is 1. The topological polar surface area (TPSA) is 55.1 Å². The summed E-state index contributed by atoms with van der Waals surface area (Å²) in [6, 6.07) is 5.49. The zero-order valence-corrected chi connectivity index (χ0v) is 8.97. The highest BCUT2D eigenvalue weighted by Crippen LogP contribution is 2.13. The molecule has 1 aromatic carbocycles. The number of rotatable bonds is 3. The van der Waals surface area contributed by atoms with Crippen molar-refractivity contribution in [1.29, 1.82) is 0 Å². The summed E-state index contributed by atoms with van der Waals surface area (Å²) in [7, 11) is 0. The van der Waals surface area contributed by atoms with E-state index in [9.17, 15) is 4.79 Å². The summed E-state index contributed by atoms with van der Waals surface area (Å²) >= 11 is 4.18. The number of carbonyl (C=O) groups excluding carboxylic acids is 1. The van der Waals surface area contributed by atoms with Gasteiger partial charge in [0.1, 0.15) is 0 Å². The predicted molar refractivity (Wildman–Crippen MR) is 59.8 cm³/mol. The lowest BCUT2D eigenvalue weighted by molar-refractivity contribution is 0.0954. The van der Waals surface area contributed by atoms with Crippen LogP contribution in [0.25, 0.3) is 0 Å². The number of hydrogen-bond acceptors (Lipinski definition) is 3. The lowest BCUT2D eigenvalue weighted by Crippen LogP contribution is -2.29. The van der Waals surface area contributed by atoms with Gasteiger partial charge >= 0.3 is 0 Å². The van der Waals surface area contributed by atoms with Crippen molar-refractivity contribution >= 4 is 18.5 Å². The number of carbonyl (C=O) groups is 1. The zero-order chi connectivity index (χ0) is 10.6. The molecule has 1 aromatic rings. The van der Waals surface area contributed by atoms with Gasteiger partial charge < -0.3 is 11.1 Å². The van der Waals surface area contributed by atoms with Crippen LogP contribution >= 0.6 is 12.6 Å². The van der Waals surface area contributed by atoms with Gasteiger partial charge in [0.15, 0.2) is 0 Å². The van der Waals surface area contributed by atoms with Crippen LogP contribution in [0.2, 0.25) is 0 Å². The van der Waals surface area contributed by atoms with Crippen molar-refractivity contribution < 1.29 is 4.79 Å². The Balaban J connectivity index is 2.83. The van der Waals surface area contributed by atoms with Crippen LogP contribution in [-0.4, -0.2) is 19.0 Å². The standard InChI is InChI=1S/C10H14N2OS/c1-7-2-3-8(14)6-9(7)10(13)12-5-4-11/h2-3,6,14H,4-5,11H2,1H3,(H,12,13). The van der Waals surface area contributed by atoms with Crippen LogP contribution in [0.1, 0.15) is 15.9 Å². The molecule has 0 spiro atoms. The number of nitrogens with two attached hydrogens (primary N) is 1. The van der Waals surface area contributed by atoms with E-state index in [1.165, 1.54) is 0 Å². The van der Waals surface area contributed by atoms with E-state index < -0.39 is 0 Å². The molecule has 0 aliphatic rings. The van der Waals surface area contributed by atoms with Crippen LogP contribution < -0.4 is 11.1 Å². The minimum absolute atomic E-state index is 0.0937. The van der Waals surface area contributed by atoms with Crippen molar-refractivity contribution in [1.82, 2.24) is 5.32 Å². The first-order valence-corrected chi connectivity index (χ1v) is 4.87. The largest absolute Gasteiger partial charge is 0.351 e. The summed E-state index contributed by atoms with van der Waals surface area (Å²) in [5, 5.41) is 2.72. The molecule has 1 amide bonds. The molecule has 0 aliphatic heterocycles. The second-order valence-electron chi connectivity index (χ2n) is 3.04. The van der Waals surface area contributed by atoms with Gasteiger partial charge in [0.25, 0.3) is 5.91 Å². The van der Waals surface area contributed by atoms with Crippen molar-refractivity contribution in [3.63, 3.8) is 0 Å². The number of thiol groups is 1. The predicted octanol–water partition coefficient (Wildman–Crippen LogP) is 0.972. The Morgan fingerprint density at radius 3 is 2.93 bits per heavy atom. The van der Waals surface area contributed by atoms with Crippen molar-refractivity contribution in [2.45, 2.75) is 11.8 Å². The van der Waals surface area contributed by atoms with E-state index in [0.717, 1.165) is 10.5 Å². The second-order valence-corrected chi connectivity index (χ2v) is 3.56. The molecule has 3 N–H and O–H groups in total. The Hall–Kier alpha value is -1.00. The lowest BCUT2D eigenvalue weighted by atomic mass is 10.1. The van der Waals surface area contributed by atoms with E-state index in [4.69, 9.17) is 5.73 Å². The molecule has 0 aliphatic carbocycles. The van der Waals surface area contributed by atoms with Crippen LogP contribution in [0.5, 0.6) is 0 Å². The summed E-state index contributed by atoms with van der Waals surface area (Å²) < 4.78 is 0. The molecule has 0 radical (unpaired) electrons. The molecule has 0 bridgehead atoms. The van der Waals surface area contributed by atoms with E-state index in [0.29, 0.717) is 18.7 Å². The maximum Gasteiger partial charge on any atom is 0.251 e. The molecule has 0 atom stereocenters. The summed E-state index contributed by atoms with van der Waals surface area (Å²) in [4.78, 5) is 12.4. The van der Waals surface area contributed by atoms with Gasteiger partial charge in [-0.25, -0.2) is 0 Å². The Morgan fingerprint density at radius 1 is 1.57 bits per heavy atom. The molecule has 4 heteroatoms. The average Bonchev–Trinajstić information content (AvgIpc) is 2.18. The van der Waals surface area contributed by atoms with Gasteiger partial charge in [-0.05, 0) is 24.6 Å². The van der Waals surface area contributed by atoms with Gasteiger partial charge in [0.05, 0.1) is 0 Å². The summed E-state index contributed by atoms with van der Waals surface area (Å²) in [5.74, 6) is -0.0937. The van der Waals surface area contributed by atoms with E-state index >= 15 is 0 Å². The fraction of sp³-hybridized carbons (Fsp3) is 0.300. The first-order chi connectivity index (χ1) is 6.65. The van der Waals surface area contributed by atoms with Gasteiger partial charge in [-0.15, -0.1) is 12.6 Å². The molecule has 0 aromatic heterocycles. The molecule has 3 nitrogen and oxygen atoms in total. The molecule has 0 heterocycles. The fourth-order valence-corrected chi connectivity index (χ4v) is 1.34. The third-order valence-electron chi connectivity index (χ3n) is 1.90. The number of amides is 1. The third-order valence-corrected chi connectivity index (χ3v) is 2.17. The highest BCUT2D eigenvalue weighted by Gasteiger charge is 2.07. The van der Waals surface area contributed by atoms with Crippen LogP contribution in [0.15, 0.2) is 23.1 Å². The molecule has 14 heavy (non-hydrogen) atoms. The Labute approximate surface area is 89.1 Å². The molecule has 0 fully saturated rings. The van der Waals surface area contributed by atoms with E-state index in [1.54, 1.807) is 6.07 Å². The lowest BCUT2D eigenvalue weighted by Gasteiger charge is -2.06. The number of hydrogen-bond donors (Lipinski definition) is 3. The van der Waals surface area contributed by atoms with E-state index in [2.05, 4.69) is 17.9 Å².